The molecule has 1 saturated heterocycles. The van der Waals surface area contributed by atoms with Gasteiger partial charge in [-0.2, -0.15) is 0 Å². The first kappa shape index (κ1) is 13.5. The number of benzene rings is 1. The maximum Gasteiger partial charge on any atom is 0.255 e. The van der Waals surface area contributed by atoms with E-state index in [1.165, 1.54) is 11.0 Å². The maximum atomic E-state index is 12.4. The minimum atomic E-state index is -1.08. The van der Waals surface area contributed by atoms with Crippen LogP contribution < -0.4 is 5.32 Å². The number of nitrogens with one attached hydrogen (secondary N) is 1. The molecule has 6 heteroatoms. The molecule has 0 aliphatic carbocycles. The highest BCUT2D eigenvalue weighted by atomic mass is 35.5. The first-order valence-electron chi connectivity index (χ1n) is 5.74. The molecule has 1 fully saturated rings. The fourth-order valence-corrected chi connectivity index (χ4v) is 2.08. The Bertz CT molecular complexity index is 569. The molecule has 0 spiro atoms. The van der Waals surface area contributed by atoms with Gasteiger partial charge >= 0.3 is 0 Å². The Morgan fingerprint density at radius 1 is 1.37 bits per heavy atom. The molecule has 1 aliphatic heterocycles. The topological polar surface area (TPSA) is 66.5 Å². The fraction of sp³-hybridized carbons (Fsp3) is 0.308. The lowest BCUT2D eigenvalue weighted by Gasteiger charge is -2.40. The summed E-state index contributed by atoms with van der Waals surface area (Å²) in [5, 5.41) is 2.65. The summed E-state index contributed by atoms with van der Waals surface area (Å²) < 4.78 is 0. The molecule has 1 aromatic carbocycles. The number of halogens is 1. The summed E-state index contributed by atoms with van der Waals surface area (Å²) in [6.45, 7) is 3.04. The van der Waals surface area contributed by atoms with E-state index < -0.39 is 23.3 Å². The van der Waals surface area contributed by atoms with Gasteiger partial charge in [0.2, 0.25) is 5.91 Å². The number of amides is 3. The third-order valence-corrected chi connectivity index (χ3v) is 3.34. The number of rotatable bonds is 1. The zero-order valence-electron chi connectivity index (χ0n) is 10.6. The van der Waals surface area contributed by atoms with E-state index in [2.05, 4.69) is 5.32 Å². The zero-order valence-corrected chi connectivity index (χ0v) is 11.3. The third-order valence-electron chi connectivity index (χ3n) is 3.10. The minimum Gasteiger partial charge on any atom is -0.315 e. The highest BCUT2D eigenvalue weighted by Crippen LogP contribution is 2.22. The average Bonchev–Trinajstić information content (AvgIpc) is 2.33. The smallest absolute Gasteiger partial charge is 0.255 e. The molecule has 100 valence electrons. The quantitative estimate of drug-likeness (QED) is 0.787. The summed E-state index contributed by atoms with van der Waals surface area (Å²) in [6.07, 6.45) is 0. The van der Waals surface area contributed by atoms with Crippen LogP contribution in [-0.4, -0.2) is 34.7 Å². The Morgan fingerprint density at radius 2 is 2.05 bits per heavy atom. The van der Waals surface area contributed by atoms with Crippen LogP contribution in [0.4, 0.5) is 0 Å². The largest absolute Gasteiger partial charge is 0.315 e. The Kier molecular flexibility index (Phi) is 3.32. The molecule has 19 heavy (non-hydrogen) atoms. The monoisotopic (exact) mass is 280 g/mol. The molecule has 0 unspecified atom stereocenters. The molecule has 1 N–H and O–H groups in total. The second kappa shape index (κ2) is 4.66. The molecule has 1 heterocycles. The number of hydrogen-bond donors (Lipinski definition) is 1. The highest BCUT2D eigenvalue weighted by molar-refractivity contribution is 6.31. The molecule has 0 aromatic heterocycles. The highest BCUT2D eigenvalue weighted by Gasteiger charge is 2.43. The van der Waals surface area contributed by atoms with Crippen LogP contribution in [0.2, 0.25) is 5.02 Å². The normalized spacial score (nSPS) is 18.2. The third kappa shape index (κ3) is 2.46. The van der Waals surface area contributed by atoms with Crippen molar-refractivity contribution in [1.82, 2.24) is 10.2 Å². The maximum absolute atomic E-state index is 12.4. The van der Waals surface area contributed by atoms with Crippen LogP contribution in [0.25, 0.3) is 0 Å². The average molecular weight is 281 g/mol. The first-order valence-corrected chi connectivity index (χ1v) is 6.12. The van der Waals surface area contributed by atoms with Gasteiger partial charge in [-0.3, -0.25) is 19.7 Å². The number of carbonyl (C=O) groups excluding carboxylic acids is 3. The predicted molar refractivity (Wildman–Crippen MR) is 69.7 cm³/mol. The lowest BCUT2D eigenvalue weighted by Crippen LogP contribution is -2.65. The molecule has 0 radical (unpaired) electrons. The summed E-state index contributed by atoms with van der Waals surface area (Å²) in [6, 6.07) is 6.41. The Labute approximate surface area is 115 Å². The van der Waals surface area contributed by atoms with Gasteiger partial charge in [0.25, 0.3) is 11.8 Å². The van der Waals surface area contributed by atoms with Gasteiger partial charge < -0.3 is 4.90 Å². The van der Waals surface area contributed by atoms with Gasteiger partial charge in [0.05, 0.1) is 0 Å². The van der Waals surface area contributed by atoms with E-state index in [1.807, 2.05) is 0 Å². The molecule has 3 amide bonds. The molecule has 5 nitrogen and oxygen atoms in total. The Morgan fingerprint density at radius 3 is 2.68 bits per heavy atom. The molecule has 1 aliphatic rings. The molecule has 0 atom stereocenters. The Hall–Kier alpha value is -1.88. The van der Waals surface area contributed by atoms with Gasteiger partial charge in [0.1, 0.15) is 12.1 Å². The molecule has 1 aromatic rings. The molecular weight excluding hydrogens is 268 g/mol. The summed E-state index contributed by atoms with van der Waals surface area (Å²) in [7, 11) is 0. The molecule has 0 saturated carbocycles. The van der Waals surface area contributed by atoms with Crippen LogP contribution in [0.3, 0.4) is 0 Å². The standard InChI is InChI=1S/C13H13ClN2O3/c1-13(2)12(19)15-10(17)7-16(13)11(18)8-4-3-5-9(14)6-8/h3-6H,7H2,1-2H3,(H,15,17,19). The summed E-state index contributed by atoms with van der Waals surface area (Å²) in [4.78, 5) is 36.9. The second-order valence-corrected chi connectivity index (χ2v) is 5.27. The van der Waals surface area contributed by atoms with Crippen molar-refractivity contribution in [2.24, 2.45) is 0 Å². The van der Waals surface area contributed by atoms with Crippen molar-refractivity contribution >= 4 is 29.3 Å². The number of imide groups is 1. The summed E-state index contributed by atoms with van der Waals surface area (Å²) in [5.41, 5.74) is -0.726. The number of nitrogens with zero attached hydrogens (tertiary/aromatic N) is 1. The number of hydrogen-bond acceptors (Lipinski definition) is 3. The van der Waals surface area contributed by atoms with E-state index in [-0.39, 0.29) is 6.54 Å². The SMILES string of the molecule is CC1(C)C(=O)NC(=O)CN1C(=O)c1cccc(Cl)c1. The predicted octanol–water partition coefficient (Wildman–Crippen LogP) is 1.22. The molecular formula is C13H13ClN2O3. The van der Waals surface area contributed by atoms with Crippen molar-refractivity contribution in [2.75, 3.05) is 6.54 Å². The minimum absolute atomic E-state index is 0.149. The van der Waals surface area contributed by atoms with Gasteiger partial charge in [0.15, 0.2) is 0 Å². The van der Waals surface area contributed by atoms with Gasteiger partial charge in [0, 0.05) is 10.6 Å². The van der Waals surface area contributed by atoms with E-state index in [1.54, 1.807) is 32.0 Å². The van der Waals surface area contributed by atoms with Crippen LogP contribution in [0.1, 0.15) is 24.2 Å². The van der Waals surface area contributed by atoms with Crippen LogP contribution in [0, 0.1) is 0 Å². The van der Waals surface area contributed by atoms with E-state index in [9.17, 15) is 14.4 Å². The van der Waals surface area contributed by atoms with Gasteiger partial charge in [-0.15, -0.1) is 0 Å². The van der Waals surface area contributed by atoms with Crippen molar-refractivity contribution in [3.8, 4) is 0 Å². The fourth-order valence-electron chi connectivity index (χ4n) is 1.89. The van der Waals surface area contributed by atoms with Gasteiger partial charge in [-0.05, 0) is 32.0 Å². The van der Waals surface area contributed by atoms with Crippen LogP contribution in [-0.2, 0) is 9.59 Å². The summed E-state index contributed by atoms with van der Waals surface area (Å²) in [5.74, 6) is -1.37. The van der Waals surface area contributed by atoms with E-state index in [4.69, 9.17) is 11.6 Å². The van der Waals surface area contributed by atoms with Crippen molar-refractivity contribution < 1.29 is 14.4 Å². The second-order valence-electron chi connectivity index (χ2n) is 4.84. The molecule has 2 rings (SSSR count). The van der Waals surface area contributed by atoms with Crippen molar-refractivity contribution in [3.05, 3.63) is 34.9 Å². The van der Waals surface area contributed by atoms with E-state index >= 15 is 0 Å². The van der Waals surface area contributed by atoms with Crippen molar-refractivity contribution in [2.45, 2.75) is 19.4 Å². The van der Waals surface area contributed by atoms with Crippen LogP contribution in [0.15, 0.2) is 24.3 Å². The van der Waals surface area contributed by atoms with Gasteiger partial charge in [-0.25, -0.2) is 0 Å². The van der Waals surface area contributed by atoms with Crippen LogP contribution >= 0.6 is 11.6 Å². The molecule has 0 bridgehead atoms. The first-order chi connectivity index (χ1) is 8.82. The van der Waals surface area contributed by atoms with E-state index in [0.717, 1.165) is 0 Å². The lowest BCUT2D eigenvalue weighted by molar-refractivity contribution is -0.143. The van der Waals surface area contributed by atoms with Crippen molar-refractivity contribution in [3.63, 3.8) is 0 Å². The number of piperazine rings is 1. The lowest BCUT2D eigenvalue weighted by atomic mass is 9.97. The summed E-state index contributed by atoms with van der Waals surface area (Å²) >= 11 is 5.84. The van der Waals surface area contributed by atoms with Crippen LogP contribution in [0.5, 0.6) is 0 Å². The van der Waals surface area contributed by atoms with E-state index in [0.29, 0.717) is 10.6 Å². The Balaban J connectivity index is 2.36. The van der Waals surface area contributed by atoms with Gasteiger partial charge in [-0.1, -0.05) is 17.7 Å². The zero-order chi connectivity index (χ0) is 14.2. The number of carbonyl (C=O) groups is 3. The van der Waals surface area contributed by atoms with Crippen molar-refractivity contribution in [1.29, 1.82) is 0 Å².